The van der Waals surface area contributed by atoms with Crippen LogP contribution in [0, 0.1) is 12.8 Å². The monoisotopic (exact) mass is 440 g/mol. The number of hydrogen-bond donors (Lipinski definition) is 1. The summed E-state index contributed by atoms with van der Waals surface area (Å²) in [4.78, 5) is 23.8. The van der Waals surface area contributed by atoms with Crippen molar-refractivity contribution in [1.82, 2.24) is 15.3 Å². The highest BCUT2D eigenvalue weighted by molar-refractivity contribution is 6.10. The topological polar surface area (TPSA) is 67.4 Å². The number of nitrogens with one attached hydrogen (secondary N) is 1. The number of rotatable bonds is 7. The number of carbonyl (C=O) groups is 1. The van der Waals surface area contributed by atoms with Crippen molar-refractivity contribution in [3.63, 3.8) is 0 Å². The van der Waals surface area contributed by atoms with Gasteiger partial charge >= 0.3 is 6.18 Å². The summed E-state index contributed by atoms with van der Waals surface area (Å²) < 4.78 is 43.1. The number of pyridine rings is 2. The van der Waals surface area contributed by atoms with E-state index in [1.807, 2.05) is 4.90 Å². The third kappa shape index (κ3) is 6.16. The lowest BCUT2D eigenvalue weighted by Crippen LogP contribution is -2.51. The second kappa shape index (κ2) is 9.64. The first kappa shape index (κ1) is 23.0. The van der Waals surface area contributed by atoms with E-state index >= 15 is 0 Å². The first-order chi connectivity index (χ1) is 14.6. The maximum Gasteiger partial charge on any atom is 0.422 e. The molecule has 0 aliphatic carbocycles. The molecule has 3 rings (SSSR count). The standard InChI is InChI=1S/C22H27F3N4O2.2H2/c1-14(2)11-16-12-29(10-9-27-16)19-7-6-18(31-13-22(23,24)25)20(28-19)21(30)17-5-4-8-26-15(17)3;;/h4-8,14,16,27H,9-13H2,1-3H3;2*1H/t16-;;/m0../s1. The Labute approximate surface area is 182 Å². The maximum absolute atomic E-state index is 13.2. The Morgan fingerprint density at radius 2 is 2.13 bits per heavy atom. The molecule has 1 fully saturated rings. The van der Waals surface area contributed by atoms with Gasteiger partial charge in [0.15, 0.2) is 12.3 Å². The Balaban J connectivity index is 0.00000272. The Morgan fingerprint density at radius 3 is 2.81 bits per heavy atom. The Kier molecular flexibility index (Phi) is 7.15. The molecule has 1 aliphatic rings. The molecule has 172 valence electrons. The van der Waals surface area contributed by atoms with E-state index in [4.69, 9.17) is 4.74 Å². The van der Waals surface area contributed by atoms with Crippen LogP contribution in [0.4, 0.5) is 19.0 Å². The summed E-state index contributed by atoms with van der Waals surface area (Å²) in [5.74, 6) is 0.357. The van der Waals surface area contributed by atoms with Crippen LogP contribution in [0.3, 0.4) is 0 Å². The second-order valence-corrected chi connectivity index (χ2v) is 8.11. The van der Waals surface area contributed by atoms with E-state index in [2.05, 4.69) is 29.1 Å². The highest BCUT2D eigenvalue weighted by Crippen LogP contribution is 2.27. The van der Waals surface area contributed by atoms with Crippen molar-refractivity contribution in [2.75, 3.05) is 31.1 Å². The normalized spacial score (nSPS) is 17.1. The Morgan fingerprint density at radius 1 is 1.35 bits per heavy atom. The zero-order valence-corrected chi connectivity index (χ0v) is 17.9. The molecule has 3 heterocycles. The van der Waals surface area contributed by atoms with Gasteiger partial charge in [0.25, 0.3) is 0 Å². The molecule has 0 radical (unpaired) electrons. The van der Waals surface area contributed by atoms with E-state index in [0.717, 1.165) is 13.0 Å². The van der Waals surface area contributed by atoms with Crippen molar-refractivity contribution in [1.29, 1.82) is 0 Å². The van der Waals surface area contributed by atoms with E-state index in [1.165, 1.54) is 6.07 Å². The SMILES string of the molecule is Cc1ncccc1C(=O)c1nc(N2CCN[C@@H](CC(C)C)C2)ccc1OCC(F)(F)F.[HH].[HH]. The molecule has 0 saturated carbocycles. The van der Waals surface area contributed by atoms with E-state index in [9.17, 15) is 18.0 Å². The first-order valence-electron chi connectivity index (χ1n) is 10.3. The van der Waals surface area contributed by atoms with Crippen molar-refractivity contribution in [3.05, 3.63) is 47.4 Å². The van der Waals surface area contributed by atoms with Crippen LogP contribution in [0.5, 0.6) is 5.75 Å². The number of piperazine rings is 1. The molecule has 1 atom stereocenters. The van der Waals surface area contributed by atoms with Crippen LogP contribution in [0.2, 0.25) is 0 Å². The van der Waals surface area contributed by atoms with Crippen LogP contribution >= 0.6 is 0 Å². The van der Waals surface area contributed by atoms with Crippen molar-refractivity contribution in [3.8, 4) is 5.75 Å². The van der Waals surface area contributed by atoms with Crippen molar-refractivity contribution < 1.29 is 25.6 Å². The van der Waals surface area contributed by atoms with Gasteiger partial charge < -0.3 is 15.0 Å². The summed E-state index contributed by atoms with van der Waals surface area (Å²) in [6.45, 7) is 6.62. The first-order valence-corrected chi connectivity index (χ1v) is 10.3. The summed E-state index contributed by atoms with van der Waals surface area (Å²) in [7, 11) is 0. The number of ether oxygens (including phenoxy) is 1. The van der Waals surface area contributed by atoms with Gasteiger partial charge in [-0.25, -0.2) is 4.98 Å². The quantitative estimate of drug-likeness (QED) is 0.649. The molecule has 2 aromatic heterocycles. The molecule has 6 nitrogen and oxygen atoms in total. The fourth-order valence-electron chi connectivity index (χ4n) is 3.66. The summed E-state index contributed by atoms with van der Waals surface area (Å²) in [5.41, 5.74) is 0.611. The molecule has 2 aromatic rings. The maximum atomic E-state index is 13.2. The van der Waals surface area contributed by atoms with Gasteiger partial charge in [-0.2, -0.15) is 13.2 Å². The minimum Gasteiger partial charge on any atom is -0.482 e. The number of nitrogens with zero attached hydrogens (tertiary/aromatic N) is 3. The van der Waals surface area contributed by atoms with Gasteiger partial charge in [-0.15, -0.1) is 0 Å². The van der Waals surface area contributed by atoms with Crippen LogP contribution in [0.1, 0.15) is 44.9 Å². The van der Waals surface area contributed by atoms with E-state index in [-0.39, 0.29) is 25.9 Å². The number of halogens is 3. The lowest BCUT2D eigenvalue weighted by molar-refractivity contribution is -0.153. The molecular weight excluding hydrogens is 409 g/mol. The summed E-state index contributed by atoms with van der Waals surface area (Å²) in [6, 6.07) is 6.46. The van der Waals surface area contributed by atoms with Gasteiger partial charge in [-0.3, -0.25) is 9.78 Å². The zero-order valence-electron chi connectivity index (χ0n) is 17.9. The largest absolute Gasteiger partial charge is 0.482 e. The second-order valence-electron chi connectivity index (χ2n) is 8.11. The van der Waals surface area contributed by atoms with Gasteiger partial charge in [0.1, 0.15) is 11.6 Å². The van der Waals surface area contributed by atoms with Crippen LogP contribution in [0.15, 0.2) is 30.5 Å². The zero-order chi connectivity index (χ0) is 22.6. The molecule has 0 spiro atoms. The summed E-state index contributed by atoms with van der Waals surface area (Å²) in [5, 5.41) is 3.47. The van der Waals surface area contributed by atoms with Gasteiger partial charge in [-0.1, -0.05) is 13.8 Å². The van der Waals surface area contributed by atoms with Crippen LogP contribution in [-0.2, 0) is 0 Å². The van der Waals surface area contributed by atoms with Gasteiger partial charge in [0.2, 0.25) is 5.78 Å². The number of alkyl halides is 3. The fourth-order valence-corrected chi connectivity index (χ4v) is 3.66. The molecule has 1 saturated heterocycles. The third-order valence-corrected chi connectivity index (χ3v) is 5.04. The third-order valence-electron chi connectivity index (χ3n) is 5.04. The Bertz CT molecular complexity index is 929. The molecule has 31 heavy (non-hydrogen) atoms. The van der Waals surface area contributed by atoms with Gasteiger partial charge in [-0.05, 0) is 43.5 Å². The smallest absolute Gasteiger partial charge is 0.422 e. The number of anilines is 1. The van der Waals surface area contributed by atoms with Crippen LogP contribution in [0.25, 0.3) is 0 Å². The number of aryl methyl sites for hydroxylation is 1. The van der Waals surface area contributed by atoms with E-state index < -0.39 is 18.6 Å². The average Bonchev–Trinajstić information content (AvgIpc) is 2.71. The number of aromatic nitrogens is 2. The molecule has 1 N–H and O–H groups in total. The minimum atomic E-state index is -4.52. The highest BCUT2D eigenvalue weighted by Gasteiger charge is 2.30. The van der Waals surface area contributed by atoms with Crippen molar-refractivity contribution in [2.45, 2.75) is 39.4 Å². The van der Waals surface area contributed by atoms with Crippen molar-refractivity contribution >= 4 is 11.6 Å². The molecule has 9 heteroatoms. The summed E-state index contributed by atoms with van der Waals surface area (Å²) >= 11 is 0. The van der Waals surface area contributed by atoms with Gasteiger partial charge in [0, 0.05) is 46.0 Å². The Hall–Kier alpha value is -2.68. The molecule has 0 bridgehead atoms. The molecule has 0 unspecified atom stereocenters. The predicted molar refractivity (Wildman–Crippen MR) is 116 cm³/mol. The lowest BCUT2D eigenvalue weighted by Gasteiger charge is -2.35. The fraction of sp³-hybridized carbons (Fsp3) is 0.500. The number of hydrogen-bond acceptors (Lipinski definition) is 6. The molecule has 0 aromatic carbocycles. The van der Waals surface area contributed by atoms with Crippen LogP contribution in [-0.4, -0.2) is 54.2 Å². The average molecular weight is 441 g/mol. The number of ketones is 1. The van der Waals surface area contributed by atoms with E-state index in [1.54, 1.807) is 31.3 Å². The predicted octanol–water partition coefficient (Wildman–Crippen LogP) is 4.27. The summed E-state index contributed by atoms with van der Waals surface area (Å²) in [6.07, 6.45) is -1.98. The highest BCUT2D eigenvalue weighted by atomic mass is 19.4. The minimum absolute atomic E-state index is 0. The van der Waals surface area contributed by atoms with Crippen LogP contribution < -0.4 is 15.0 Å². The lowest BCUT2D eigenvalue weighted by atomic mass is 10.0. The molecular formula is C22H31F3N4O2. The molecule has 0 amide bonds. The molecule has 1 aliphatic heterocycles. The number of carbonyl (C=O) groups excluding carboxylic acids is 1. The van der Waals surface area contributed by atoms with Crippen molar-refractivity contribution in [2.24, 2.45) is 5.92 Å². The van der Waals surface area contributed by atoms with Gasteiger partial charge in [0.05, 0.1) is 0 Å². The van der Waals surface area contributed by atoms with E-state index in [0.29, 0.717) is 30.5 Å².